The second-order valence-corrected chi connectivity index (χ2v) is 3.04. The molecule has 0 aromatic carbocycles. The van der Waals surface area contributed by atoms with E-state index in [2.05, 4.69) is 15.0 Å². The van der Waals surface area contributed by atoms with Crippen LogP contribution in [0.3, 0.4) is 0 Å². The minimum atomic E-state index is -1.24. The van der Waals surface area contributed by atoms with E-state index < -0.39 is 24.0 Å². The molecule has 2 N–H and O–H groups in total. The van der Waals surface area contributed by atoms with E-state index in [0.29, 0.717) is 6.08 Å². The molecule has 0 spiro atoms. The van der Waals surface area contributed by atoms with E-state index in [1.165, 1.54) is 6.21 Å². The van der Waals surface area contributed by atoms with Crippen molar-refractivity contribution in [2.24, 2.45) is 4.99 Å². The van der Waals surface area contributed by atoms with Crippen LogP contribution >= 0.6 is 0 Å². The molecule has 7 heteroatoms. The van der Waals surface area contributed by atoms with E-state index in [1.54, 1.807) is 13.8 Å². The average Bonchev–Trinajstić information content (AvgIpc) is 2.23. The predicted octanol–water partition coefficient (Wildman–Crippen LogP) is 0.359. The van der Waals surface area contributed by atoms with Gasteiger partial charge < -0.3 is 15.2 Å². The molecule has 0 aromatic rings. The number of aliphatic imine (C=N–C) groups is 1. The minimum Gasteiger partial charge on any atom is -0.478 e. The van der Waals surface area contributed by atoms with Crippen LogP contribution in [0.1, 0.15) is 13.8 Å². The SMILES string of the molecule is CC=NC(=O)NC(C)COC(=O)/C=C/C(=O)O. The molecule has 0 aromatic heterocycles. The van der Waals surface area contributed by atoms with Crippen LogP contribution in [0.15, 0.2) is 17.1 Å². The molecule has 0 fully saturated rings. The van der Waals surface area contributed by atoms with Crippen molar-refractivity contribution in [2.45, 2.75) is 19.9 Å². The third kappa shape index (κ3) is 8.79. The molecule has 7 nitrogen and oxygen atoms in total. The number of carboxylic acid groups (broad SMARTS) is 1. The number of hydrogen-bond donors (Lipinski definition) is 2. The molecule has 0 aliphatic rings. The monoisotopic (exact) mass is 242 g/mol. The Balaban J connectivity index is 3.91. The number of carbonyl (C=O) groups excluding carboxylic acids is 2. The third-order valence-corrected chi connectivity index (χ3v) is 1.45. The third-order valence-electron chi connectivity index (χ3n) is 1.45. The highest BCUT2D eigenvalue weighted by Crippen LogP contribution is 1.89. The number of amides is 2. The van der Waals surface area contributed by atoms with Gasteiger partial charge in [0.15, 0.2) is 0 Å². The van der Waals surface area contributed by atoms with Gasteiger partial charge in [-0.25, -0.2) is 19.4 Å². The smallest absolute Gasteiger partial charge is 0.340 e. The molecule has 1 atom stereocenters. The fraction of sp³-hybridized carbons (Fsp3) is 0.400. The van der Waals surface area contributed by atoms with Crippen molar-refractivity contribution in [2.75, 3.05) is 6.61 Å². The largest absolute Gasteiger partial charge is 0.478 e. The molecule has 0 radical (unpaired) electrons. The molecule has 0 saturated heterocycles. The molecule has 0 heterocycles. The van der Waals surface area contributed by atoms with Gasteiger partial charge in [0.25, 0.3) is 0 Å². The first-order chi connectivity index (χ1) is 7.95. The molecule has 1 unspecified atom stereocenters. The Labute approximate surface area is 98.2 Å². The zero-order valence-corrected chi connectivity index (χ0v) is 9.54. The molecule has 0 aliphatic heterocycles. The predicted molar refractivity (Wildman–Crippen MR) is 59.9 cm³/mol. The molecule has 17 heavy (non-hydrogen) atoms. The van der Waals surface area contributed by atoms with Crippen LogP contribution in [0, 0.1) is 0 Å². The number of aliphatic carboxylic acids is 1. The second kappa shape index (κ2) is 8.03. The lowest BCUT2D eigenvalue weighted by Crippen LogP contribution is -2.34. The summed E-state index contributed by atoms with van der Waals surface area (Å²) < 4.78 is 4.68. The highest BCUT2D eigenvalue weighted by atomic mass is 16.5. The second-order valence-electron chi connectivity index (χ2n) is 3.04. The summed E-state index contributed by atoms with van der Waals surface area (Å²) >= 11 is 0. The van der Waals surface area contributed by atoms with Crippen LogP contribution in [0.4, 0.5) is 4.79 Å². The van der Waals surface area contributed by atoms with Crippen LogP contribution in [0.5, 0.6) is 0 Å². The van der Waals surface area contributed by atoms with Gasteiger partial charge in [0.05, 0.1) is 6.04 Å². The van der Waals surface area contributed by atoms with Gasteiger partial charge in [0.2, 0.25) is 0 Å². The van der Waals surface area contributed by atoms with Gasteiger partial charge in [-0.15, -0.1) is 0 Å². The lowest BCUT2D eigenvalue weighted by molar-refractivity contribution is -0.139. The normalized spacial score (nSPS) is 12.6. The van der Waals surface area contributed by atoms with Gasteiger partial charge in [0, 0.05) is 18.4 Å². The maximum atomic E-state index is 11.0. The lowest BCUT2D eigenvalue weighted by atomic mass is 10.4. The molecule has 0 rings (SSSR count). The van der Waals surface area contributed by atoms with Crippen molar-refractivity contribution in [3.05, 3.63) is 12.2 Å². The van der Waals surface area contributed by atoms with Crippen molar-refractivity contribution in [3.8, 4) is 0 Å². The molecule has 0 saturated carbocycles. The minimum absolute atomic E-state index is 0.0617. The maximum absolute atomic E-state index is 11.0. The Morgan fingerprint density at radius 1 is 1.41 bits per heavy atom. The summed E-state index contributed by atoms with van der Waals surface area (Å²) in [6.07, 6.45) is 2.80. The number of ether oxygens (including phenoxy) is 1. The molecular formula is C10H14N2O5. The summed E-state index contributed by atoms with van der Waals surface area (Å²) in [5, 5.41) is 10.7. The van der Waals surface area contributed by atoms with E-state index in [9.17, 15) is 14.4 Å². The number of nitrogens with zero attached hydrogens (tertiary/aromatic N) is 1. The van der Waals surface area contributed by atoms with Crippen LogP contribution in [-0.2, 0) is 14.3 Å². The van der Waals surface area contributed by atoms with Gasteiger partial charge in [0.1, 0.15) is 6.61 Å². The first-order valence-electron chi connectivity index (χ1n) is 4.82. The summed E-state index contributed by atoms with van der Waals surface area (Å²) in [5.74, 6) is -2.02. The van der Waals surface area contributed by atoms with Crippen molar-refractivity contribution in [1.82, 2.24) is 5.32 Å². The molecular weight excluding hydrogens is 228 g/mol. The van der Waals surface area contributed by atoms with Crippen LogP contribution in [0.25, 0.3) is 0 Å². The van der Waals surface area contributed by atoms with Crippen molar-refractivity contribution < 1.29 is 24.2 Å². The van der Waals surface area contributed by atoms with Gasteiger partial charge in [-0.3, -0.25) is 0 Å². The maximum Gasteiger partial charge on any atom is 0.340 e. The zero-order valence-electron chi connectivity index (χ0n) is 9.54. The first-order valence-corrected chi connectivity index (χ1v) is 4.82. The van der Waals surface area contributed by atoms with Crippen LogP contribution in [0.2, 0.25) is 0 Å². The summed E-state index contributed by atoms with van der Waals surface area (Å²) in [6.45, 7) is 3.16. The first kappa shape index (κ1) is 14.8. The number of carbonyl (C=O) groups is 3. The van der Waals surface area contributed by atoms with E-state index in [-0.39, 0.29) is 6.61 Å². The van der Waals surface area contributed by atoms with Crippen molar-refractivity contribution in [3.63, 3.8) is 0 Å². The summed E-state index contributed by atoms with van der Waals surface area (Å²) in [5.41, 5.74) is 0. The molecule has 2 amide bonds. The van der Waals surface area contributed by atoms with E-state index >= 15 is 0 Å². The topological polar surface area (TPSA) is 105 Å². The van der Waals surface area contributed by atoms with Gasteiger partial charge in [-0.05, 0) is 13.8 Å². The Morgan fingerprint density at radius 2 is 2.06 bits per heavy atom. The number of hydrogen-bond acceptors (Lipinski definition) is 4. The number of urea groups is 1. The Kier molecular flexibility index (Phi) is 7.00. The fourth-order valence-electron chi connectivity index (χ4n) is 0.802. The quantitative estimate of drug-likeness (QED) is 0.411. The number of carboxylic acids is 1. The lowest BCUT2D eigenvalue weighted by Gasteiger charge is -2.11. The van der Waals surface area contributed by atoms with Crippen LogP contribution < -0.4 is 5.32 Å². The average molecular weight is 242 g/mol. The fourth-order valence-corrected chi connectivity index (χ4v) is 0.802. The number of nitrogens with one attached hydrogen (secondary N) is 1. The standard InChI is InChI=1S/C10H14N2O5/c1-3-11-10(16)12-7(2)6-17-9(15)5-4-8(13)14/h3-5,7H,6H2,1-2H3,(H,12,16)(H,13,14)/b5-4+,11-3?. The van der Waals surface area contributed by atoms with Gasteiger partial charge in [-0.1, -0.05) is 0 Å². The van der Waals surface area contributed by atoms with Crippen LogP contribution in [-0.4, -0.2) is 41.9 Å². The van der Waals surface area contributed by atoms with E-state index in [4.69, 9.17) is 5.11 Å². The van der Waals surface area contributed by atoms with Crippen molar-refractivity contribution in [1.29, 1.82) is 0 Å². The number of rotatable bonds is 5. The zero-order chi connectivity index (χ0) is 13.3. The highest BCUT2D eigenvalue weighted by Gasteiger charge is 2.07. The molecule has 0 bridgehead atoms. The highest BCUT2D eigenvalue weighted by molar-refractivity contribution is 5.90. The molecule has 94 valence electrons. The van der Waals surface area contributed by atoms with Crippen molar-refractivity contribution >= 4 is 24.2 Å². The summed E-state index contributed by atoms with van der Waals surface area (Å²) in [6, 6.07) is -0.939. The van der Waals surface area contributed by atoms with E-state index in [0.717, 1.165) is 6.08 Å². The summed E-state index contributed by atoms with van der Waals surface area (Å²) in [4.78, 5) is 35.5. The number of esters is 1. The Morgan fingerprint density at radius 3 is 2.59 bits per heavy atom. The Bertz CT molecular complexity index is 349. The van der Waals surface area contributed by atoms with E-state index in [1.807, 2.05) is 0 Å². The van der Waals surface area contributed by atoms with Gasteiger partial charge >= 0.3 is 18.0 Å². The van der Waals surface area contributed by atoms with Gasteiger partial charge in [-0.2, -0.15) is 0 Å². The summed E-state index contributed by atoms with van der Waals surface area (Å²) in [7, 11) is 0. The Hall–Kier alpha value is -2.18. The molecule has 0 aliphatic carbocycles.